The van der Waals surface area contributed by atoms with Crippen LogP contribution in [-0.2, 0) is 14.3 Å². The van der Waals surface area contributed by atoms with Gasteiger partial charge >= 0.3 is 0 Å². The van der Waals surface area contributed by atoms with Crippen molar-refractivity contribution in [1.82, 2.24) is 10.6 Å². The van der Waals surface area contributed by atoms with E-state index in [1.54, 1.807) is 6.08 Å². The van der Waals surface area contributed by atoms with Crippen molar-refractivity contribution in [3.63, 3.8) is 0 Å². The third kappa shape index (κ3) is 7.18. The minimum Gasteiger partial charge on any atom is -0.370 e. The number of morpholine rings is 1. The molecule has 2 amide bonds. The van der Waals surface area contributed by atoms with E-state index < -0.39 is 0 Å². The predicted molar refractivity (Wildman–Crippen MR) is 112 cm³/mol. The zero-order chi connectivity index (χ0) is 20.3. The summed E-state index contributed by atoms with van der Waals surface area (Å²) in [5, 5.41) is 5.72. The second-order valence-corrected chi connectivity index (χ2v) is 7.06. The van der Waals surface area contributed by atoms with E-state index in [0.29, 0.717) is 0 Å². The normalized spacial score (nSPS) is 15.7. The summed E-state index contributed by atoms with van der Waals surface area (Å²) in [6.07, 6.45) is 3.16. The SMILES string of the molecule is O=C(/C=C/c1ccccc1)NCC(=O)N[C@@H](C[NH+]1CCOCC1)c1ccccc1. The van der Waals surface area contributed by atoms with Gasteiger partial charge in [-0.15, -0.1) is 0 Å². The Bertz CT molecular complexity index is 803. The molecule has 0 aliphatic carbocycles. The zero-order valence-corrected chi connectivity index (χ0v) is 16.5. The van der Waals surface area contributed by atoms with Crippen molar-refractivity contribution < 1.29 is 19.2 Å². The minimum atomic E-state index is -0.293. The average molecular weight is 394 g/mol. The van der Waals surface area contributed by atoms with E-state index in [0.717, 1.165) is 44.0 Å². The summed E-state index contributed by atoms with van der Waals surface area (Å²) in [6, 6.07) is 19.4. The second-order valence-electron chi connectivity index (χ2n) is 7.06. The molecule has 0 spiro atoms. The molecule has 1 aliphatic rings. The van der Waals surface area contributed by atoms with Crippen LogP contribution in [0.25, 0.3) is 6.08 Å². The van der Waals surface area contributed by atoms with Gasteiger partial charge in [0.2, 0.25) is 11.8 Å². The van der Waals surface area contributed by atoms with E-state index >= 15 is 0 Å². The number of ether oxygens (including phenoxy) is 1. The fourth-order valence-electron chi connectivity index (χ4n) is 3.30. The fraction of sp³-hybridized carbons (Fsp3) is 0.304. The fourth-order valence-corrected chi connectivity index (χ4v) is 3.30. The maximum atomic E-state index is 12.5. The van der Waals surface area contributed by atoms with Crippen LogP contribution >= 0.6 is 0 Å². The van der Waals surface area contributed by atoms with Gasteiger partial charge in [-0.1, -0.05) is 60.7 Å². The molecule has 29 heavy (non-hydrogen) atoms. The van der Waals surface area contributed by atoms with Crippen LogP contribution in [0.3, 0.4) is 0 Å². The van der Waals surface area contributed by atoms with E-state index in [-0.39, 0.29) is 24.4 Å². The van der Waals surface area contributed by atoms with Crippen molar-refractivity contribution in [2.45, 2.75) is 6.04 Å². The molecule has 1 atom stereocenters. The molecule has 2 aromatic rings. The van der Waals surface area contributed by atoms with Crippen LogP contribution in [0.4, 0.5) is 0 Å². The van der Waals surface area contributed by atoms with Gasteiger partial charge in [0.25, 0.3) is 0 Å². The number of carbonyl (C=O) groups excluding carboxylic acids is 2. The highest BCUT2D eigenvalue weighted by molar-refractivity contribution is 5.94. The molecule has 0 bridgehead atoms. The third-order valence-electron chi connectivity index (χ3n) is 4.88. The van der Waals surface area contributed by atoms with Gasteiger partial charge < -0.3 is 20.3 Å². The summed E-state index contributed by atoms with van der Waals surface area (Å²) in [6.45, 7) is 4.09. The molecule has 1 fully saturated rings. The van der Waals surface area contributed by atoms with E-state index in [1.165, 1.54) is 11.0 Å². The Morgan fingerprint density at radius 2 is 1.66 bits per heavy atom. The van der Waals surface area contributed by atoms with Crippen LogP contribution in [-0.4, -0.2) is 51.2 Å². The highest BCUT2D eigenvalue weighted by atomic mass is 16.5. The van der Waals surface area contributed by atoms with Gasteiger partial charge in [-0.3, -0.25) is 9.59 Å². The molecule has 0 saturated carbocycles. The monoisotopic (exact) mass is 394 g/mol. The topological polar surface area (TPSA) is 71.9 Å². The number of carbonyl (C=O) groups is 2. The molecule has 152 valence electrons. The first-order chi connectivity index (χ1) is 14.2. The van der Waals surface area contributed by atoms with Gasteiger partial charge in [0.1, 0.15) is 25.7 Å². The van der Waals surface area contributed by atoms with Gasteiger partial charge in [-0.05, 0) is 17.2 Å². The summed E-state index contributed by atoms with van der Waals surface area (Å²) in [5.41, 5.74) is 2.00. The van der Waals surface area contributed by atoms with Crippen molar-refractivity contribution in [3.8, 4) is 0 Å². The second kappa shape index (κ2) is 11.1. The summed E-state index contributed by atoms with van der Waals surface area (Å²) >= 11 is 0. The lowest BCUT2D eigenvalue weighted by Crippen LogP contribution is -3.14. The van der Waals surface area contributed by atoms with Gasteiger partial charge in [0, 0.05) is 6.08 Å². The van der Waals surface area contributed by atoms with Crippen molar-refractivity contribution in [1.29, 1.82) is 0 Å². The standard InChI is InChI=1S/C23H27N3O3/c27-22(12-11-19-7-3-1-4-8-19)24-17-23(28)25-21(20-9-5-2-6-10-20)18-26-13-15-29-16-14-26/h1-12,21H,13-18H2,(H,24,27)(H,25,28)/p+1/b12-11+/t21-/m0/s1. The third-order valence-corrected chi connectivity index (χ3v) is 4.88. The summed E-state index contributed by atoms with van der Waals surface area (Å²) in [4.78, 5) is 25.9. The lowest BCUT2D eigenvalue weighted by atomic mass is 10.1. The van der Waals surface area contributed by atoms with Crippen LogP contribution in [0, 0.1) is 0 Å². The summed E-state index contributed by atoms with van der Waals surface area (Å²) < 4.78 is 5.43. The van der Waals surface area contributed by atoms with E-state index in [4.69, 9.17) is 4.74 Å². The van der Waals surface area contributed by atoms with Crippen LogP contribution < -0.4 is 15.5 Å². The molecule has 3 N–H and O–H groups in total. The molecular weight excluding hydrogens is 366 g/mol. The highest BCUT2D eigenvalue weighted by Crippen LogP contribution is 2.10. The highest BCUT2D eigenvalue weighted by Gasteiger charge is 2.22. The molecule has 0 aromatic heterocycles. The van der Waals surface area contributed by atoms with Crippen molar-refractivity contribution in [2.24, 2.45) is 0 Å². The summed E-state index contributed by atoms with van der Waals surface area (Å²) in [7, 11) is 0. The first-order valence-electron chi connectivity index (χ1n) is 9.97. The smallest absolute Gasteiger partial charge is 0.244 e. The molecule has 0 unspecified atom stereocenters. The van der Waals surface area contributed by atoms with Gasteiger partial charge in [-0.25, -0.2) is 0 Å². The van der Waals surface area contributed by atoms with Crippen LogP contribution in [0.5, 0.6) is 0 Å². The molecule has 6 nitrogen and oxygen atoms in total. The molecule has 0 radical (unpaired) electrons. The molecule has 3 rings (SSSR count). The zero-order valence-electron chi connectivity index (χ0n) is 16.5. The van der Waals surface area contributed by atoms with Crippen molar-refractivity contribution in [2.75, 3.05) is 39.4 Å². The molecule has 1 aliphatic heterocycles. The van der Waals surface area contributed by atoms with E-state index in [9.17, 15) is 9.59 Å². The van der Waals surface area contributed by atoms with Crippen LogP contribution in [0.15, 0.2) is 66.7 Å². The Kier molecular flexibility index (Phi) is 7.98. The number of rotatable bonds is 8. The first kappa shape index (κ1) is 20.8. The summed E-state index contributed by atoms with van der Waals surface area (Å²) in [5.74, 6) is -0.493. The minimum absolute atomic E-state index is 0.0558. The molecule has 6 heteroatoms. The Hall–Kier alpha value is -2.96. The van der Waals surface area contributed by atoms with Crippen LogP contribution in [0.1, 0.15) is 17.2 Å². The molecular formula is C23H28N3O3+. The van der Waals surface area contributed by atoms with Gasteiger partial charge in [0.05, 0.1) is 19.8 Å². The lowest BCUT2D eigenvalue weighted by molar-refractivity contribution is -0.909. The number of hydrogen-bond donors (Lipinski definition) is 3. The van der Waals surface area contributed by atoms with Crippen molar-refractivity contribution >= 4 is 17.9 Å². The number of amides is 2. The van der Waals surface area contributed by atoms with Gasteiger partial charge in [-0.2, -0.15) is 0 Å². The predicted octanol–water partition coefficient (Wildman–Crippen LogP) is 0.589. The number of benzene rings is 2. The van der Waals surface area contributed by atoms with Crippen LogP contribution in [0.2, 0.25) is 0 Å². The van der Waals surface area contributed by atoms with E-state index in [2.05, 4.69) is 10.6 Å². The Morgan fingerprint density at radius 3 is 2.34 bits per heavy atom. The molecule has 1 heterocycles. The number of nitrogens with one attached hydrogen (secondary N) is 3. The number of quaternary nitrogens is 1. The molecule has 2 aromatic carbocycles. The van der Waals surface area contributed by atoms with E-state index in [1.807, 2.05) is 60.7 Å². The average Bonchev–Trinajstić information content (AvgIpc) is 2.78. The Labute approximate surface area is 171 Å². The molecule has 1 saturated heterocycles. The Balaban J connectivity index is 1.52. The van der Waals surface area contributed by atoms with Crippen molar-refractivity contribution in [3.05, 3.63) is 77.9 Å². The largest absolute Gasteiger partial charge is 0.370 e. The lowest BCUT2D eigenvalue weighted by Gasteiger charge is -2.28. The quantitative estimate of drug-likeness (QED) is 0.574. The Morgan fingerprint density at radius 1 is 1.00 bits per heavy atom. The maximum absolute atomic E-state index is 12.5. The number of hydrogen-bond acceptors (Lipinski definition) is 3. The maximum Gasteiger partial charge on any atom is 0.244 e. The first-order valence-corrected chi connectivity index (χ1v) is 9.97. The van der Waals surface area contributed by atoms with Gasteiger partial charge in [0.15, 0.2) is 0 Å².